The van der Waals surface area contributed by atoms with Crippen molar-refractivity contribution in [2.75, 3.05) is 0 Å². The number of nitrogens with zero attached hydrogens (tertiary/aromatic N) is 5. The molecule has 4 aliphatic carbocycles. The van der Waals surface area contributed by atoms with Crippen molar-refractivity contribution in [3.63, 3.8) is 0 Å². The molecule has 1 aromatic heterocycles. The number of carbonyl (C=O) groups is 2. The number of nitriles is 1. The maximum Gasteiger partial charge on any atom is 0.181 e. The summed E-state index contributed by atoms with van der Waals surface area (Å²) in [6.45, 7) is 18.1. The van der Waals surface area contributed by atoms with E-state index in [2.05, 4.69) is 57.9 Å². The molecule has 0 saturated heterocycles. The molecule has 7 atom stereocenters. The van der Waals surface area contributed by atoms with Crippen molar-refractivity contribution in [3.05, 3.63) is 17.5 Å². The third kappa shape index (κ3) is 4.06. The Labute approximate surface area is 240 Å². The van der Waals surface area contributed by atoms with Gasteiger partial charge in [-0.3, -0.25) is 9.59 Å². The summed E-state index contributed by atoms with van der Waals surface area (Å²) in [5.41, 5.74) is -0.872. The highest BCUT2D eigenvalue weighted by Gasteiger charge is 2.66. The van der Waals surface area contributed by atoms with Crippen LogP contribution in [0.25, 0.3) is 0 Å². The van der Waals surface area contributed by atoms with Crippen LogP contribution in [0, 0.1) is 56.2 Å². The highest BCUT2D eigenvalue weighted by atomic mass is 16.1. The molecule has 218 valence electrons. The zero-order valence-corrected chi connectivity index (χ0v) is 26.2. The molecular formula is C33H49N5O2. The van der Waals surface area contributed by atoms with Gasteiger partial charge in [-0.25, -0.2) is 0 Å². The van der Waals surface area contributed by atoms with E-state index >= 15 is 0 Å². The number of aromatic nitrogens is 4. The highest BCUT2D eigenvalue weighted by Crippen LogP contribution is 2.70. The summed E-state index contributed by atoms with van der Waals surface area (Å²) in [6, 6.07) is 2.22. The van der Waals surface area contributed by atoms with Crippen molar-refractivity contribution in [1.82, 2.24) is 20.2 Å². The van der Waals surface area contributed by atoms with Crippen molar-refractivity contribution in [3.8, 4) is 6.07 Å². The van der Waals surface area contributed by atoms with Gasteiger partial charge in [0.25, 0.3) is 0 Å². The second-order valence-electron chi connectivity index (χ2n) is 16.2. The van der Waals surface area contributed by atoms with E-state index in [4.69, 9.17) is 5.10 Å². The lowest BCUT2D eigenvalue weighted by Crippen LogP contribution is -2.62. The van der Waals surface area contributed by atoms with Crippen LogP contribution in [-0.2, 0) is 22.1 Å². The molecule has 0 bridgehead atoms. The first-order valence-corrected chi connectivity index (χ1v) is 15.4. The topological polar surface area (TPSA) is 102 Å². The van der Waals surface area contributed by atoms with Gasteiger partial charge in [-0.1, -0.05) is 61.5 Å². The van der Waals surface area contributed by atoms with Crippen LogP contribution in [0.15, 0.2) is 11.6 Å². The number of hydrogen-bond acceptors (Lipinski definition) is 6. The number of allylic oxidation sites excluding steroid dienone is 2. The molecule has 0 aliphatic heterocycles. The second kappa shape index (κ2) is 9.07. The van der Waals surface area contributed by atoms with Crippen LogP contribution >= 0.6 is 0 Å². The van der Waals surface area contributed by atoms with Gasteiger partial charge >= 0.3 is 0 Å². The lowest BCUT2D eigenvalue weighted by Gasteiger charge is -2.66. The Hall–Kier alpha value is -2.36. The van der Waals surface area contributed by atoms with Gasteiger partial charge in [0.1, 0.15) is 11.9 Å². The standard InChI is InChI=1S/C33H49N5O2/c1-21-17-28(2,3)12-14-33(21,27-35-37-38(9)36-27)15-13-30(6)19-23(39)16-25-31(7)18-22(20-34)26(40)29(4,5)24(31)10-11-32(25,30)8/h18,21,24-25H,10-17,19H2,1-9H3/t21?,24-,25+,30+,31-,32+,33-/m0/s1. The molecule has 0 N–H and O–H groups in total. The van der Waals surface area contributed by atoms with Gasteiger partial charge in [0.2, 0.25) is 0 Å². The summed E-state index contributed by atoms with van der Waals surface area (Å²) in [6.07, 6.45) is 10.1. The van der Waals surface area contributed by atoms with E-state index in [9.17, 15) is 14.9 Å². The Kier molecular flexibility index (Phi) is 6.61. The fraction of sp³-hybridized carbons (Fsp3) is 0.818. The van der Waals surface area contributed by atoms with E-state index in [1.165, 1.54) is 0 Å². The number of fused-ring (bicyclic) bond motifs is 3. The summed E-state index contributed by atoms with van der Waals surface area (Å²) in [5, 5.41) is 23.5. The van der Waals surface area contributed by atoms with Crippen molar-refractivity contribution in [2.45, 2.75) is 119 Å². The molecule has 7 nitrogen and oxygen atoms in total. The van der Waals surface area contributed by atoms with E-state index in [0.29, 0.717) is 24.5 Å². The third-order valence-electron chi connectivity index (χ3n) is 13.0. The molecule has 3 fully saturated rings. The normalized spacial score (nSPS) is 42.4. The van der Waals surface area contributed by atoms with Gasteiger partial charge in [0.15, 0.2) is 11.6 Å². The number of tetrazole rings is 1. The Morgan fingerprint density at radius 3 is 2.33 bits per heavy atom. The first-order valence-electron chi connectivity index (χ1n) is 15.4. The quantitative estimate of drug-likeness (QED) is 0.424. The van der Waals surface area contributed by atoms with Gasteiger partial charge < -0.3 is 0 Å². The monoisotopic (exact) mass is 547 g/mol. The Morgan fingerprint density at radius 2 is 1.73 bits per heavy atom. The Morgan fingerprint density at radius 1 is 1.02 bits per heavy atom. The molecule has 4 aliphatic rings. The van der Waals surface area contributed by atoms with Crippen LogP contribution in [0.2, 0.25) is 0 Å². The van der Waals surface area contributed by atoms with E-state index in [-0.39, 0.29) is 50.3 Å². The number of aryl methyl sites for hydroxylation is 1. The lowest BCUT2D eigenvalue weighted by molar-refractivity contribution is -0.175. The first-order chi connectivity index (χ1) is 18.4. The molecular weight excluding hydrogens is 498 g/mol. The van der Waals surface area contributed by atoms with Crippen LogP contribution in [0.1, 0.15) is 119 Å². The van der Waals surface area contributed by atoms with Crippen LogP contribution in [0.5, 0.6) is 0 Å². The largest absolute Gasteiger partial charge is 0.300 e. The van der Waals surface area contributed by atoms with Crippen molar-refractivity contribution >= 4 is 11.6 Å². The highest BCUT2D eigenvalue weighted by molar-refractivity contribution is 6.04. The molecule has 1 unspecified atom stereocenters. The van der Waals surface area contributed by atoms with Crippen molar-refractivity contribution in [2.24, 2.45) is 51.9 Å². The van der Waals surface area contributed by atoms with E-state index < -0.39 is 5.41 Å². The predicted octanol–water partition coefficient (Wildman–Crippen LogP) is 6.54. The average molecular weight is 548 g/mol. The van der Waals surface area contributed by atoms with Crippen LogP contribution < -0.4 is 0 Å². The number of ketones is 2. The van der Waals surface area contributed by atoms with Gasteiger partial charge in [0, 0.05) is 23.7 Å². The Balaban J connectivity index is 1.54. The summed E-state index contributed by atoms with van der Waals surface area (Å²) in [4.78, 5) is 28.5. The minimum atomic E-state index is -0.612. The van der Waals surface area contributed by atoms with E-state index in [1.807, 2.05) is 27.0 Å². The minimum Gasteiger partial charge on any atom is -0.300 e. The lowest BCUT2D eigenvalue weighted by atomic mass is 9.37. The van der Waals surface area contributed by atoms with Crippen molar-refractivity contribution < 1.29 is 9.59 Å². The fourth-order valence-electron chi connectivity index (χ4n) is 10.4. The molecule has 40 heavy (non-hydrogen) atoms. The van der Waals surface area contributed by atoms with E-state index in [0.717, 1.165) is 50.8 Å². The maximum atomic E-state index is 13.6. The predicted molar refractivity (Wildman–Crippen MR) is 154 cm³/mol. The maximum absolute atomic E-state index is 13.6. The zero-order chi connectivity index (χ0) is 29.5. The van der Waals surface area contributed by atoms with Gasteiger partial charge in [-0.15, -0.1) is 10.2 Å². The third-order valence-corrected chi connectivity index (χ3v) is 13.0. The SMILES string of the molecule is CC1CC(C)(C)CC[C@@]1(CC[C@]1(C)CC(=O)C[C@@H]2[C@@]3(C)C=C(C#N)C(=O)C(C)(C)[C@@H]3CC[C@]21C)c1nnn(C)n1. The molecule has 7 heteroatoms. The molecule has 0 spiro atoms. The first kappa shape index (κ1) is 29.1. The van der Waals surface area contributed by atoms with Gasteiger partial charge in [0.05, 0.1) is 12.6 Å². The zero-order valence-electron chi connectivity index (χ0n) is 26.2. The fourth-order valence-corrected chi connectivity index (χ4v) is 10.4. The Bertz CT molecular complexity index is 1300. The van der Waals surface area contributed by atoms with Gasteiger partial charge in [-0.2, -0.15) is 10.1 Å². The second-order valence-corrected chi connectivity index (χ2v) is 16.2. The minimum absolute atomic E-state index is 0.0430. The molecule has 3 saturated carbocycles. The van der Waals surface area contributed by atoms with Crippen molar-refractivity contribution in [1.29, 1.82) is 5.26 Å². The summed E-state index contributed by atoms with van der Waals surface area (Å²) in [5.74, 6) is 1.75. The number of hydrogen-bond donors (Lipinski definition) is 0. The summed E-state index contributed by atoms with van der Waals surface area (Å²) in [7, 11) is 1.84. The molecule has 0 amide bonds. The molecule has 0 radical (unpaired) electrons. The smallest absolute Gasteiger partial charge is 0.181 e. The van der Waals surface area contributed by atoms with Crippen LogP contribution in [0.4, 0.5) is 0 Å². The van der Waals surface area contributed by atoms with Gasteiger partial charge in [-0.05, 0) is 89.6 Å². The number of Topliss-reactive ketones (excluding diaryl/α,β-unsaturated/α-hetero) is 2. The molecule has 1 heterocycles. The summed E-state index contributed by atoms with van der Waals surface area (Å²) >= 11 is 0. The molecule has 1 aromatic rings. The van der Waals surface area contributed by atoms with E-state index in [1.54, 1.807) is 4.80 Å². The summed E-state index contributed by atoms with van der Waals surface area (Å²) < 4.78 is 0. The average Bonchev–Trinajstić information content (AvgIpc) is 3.29. The molecule has 5 rings (SSSR count). The number of carbonyl (C=O) groups excluding carboxylic acids is 2. The number of rotatable bonds is 4. The van der Waals surface area contributed by atoms with Crippen LogP contribution in [0.3, 0.4) is 0 Å². The van der Waals surface area contributed by atoms with Crippen LogP contribution in [-0.4, -0.2) is 31.8 Å². The molecule has 0 aromatic carbocycles.